The quantitative estimate of drug-likeness (QED) is 0.307. The maximum absolute atomic E-state index is 14.6. The van der Waals surface area contributed by atoms with Gasteiger partial charge in [0, 0.05) is 11.1 Å². The summed E-state index contributed by atoms with van der Waals surface area (Å²) in [5.74, 6) is 7.36. The summed E-state index contributed by atoms with van der Waals surface area (Å²) in [7, 11) is 0. The number of allylic oxidation sites excluding steroid dienone is 2. The lowest BCUT2D eigenvalue weighted by molar-refractivity contribution is 0.425. The highest BCUT2D eigenvalue weighted by molar-refractivity contribution is 5.65. The number of rotatable bonds is 8. The second-order valence-corrected chi connectivity index (χ2v) is 8.61. The minimum absolute atomic E-state index is 0.132. The molecule has 1 unspecified atom stereocenters. The molecule has 0 nitrogen and oxygen atoms in total. The molecule has 0 fully saturated rings. The third-order valence-electron chi connectivity index (χ3n) is 6.15. The summed E-state index contributed by atoms with van der Waals surface area (Å²) in [5, 5.41) is 0. The van der Waals surface area contributed by atoms with Crippen LogP contribution in [0.3, 0.4) is 0 Å². The van der Waals surface area contributed by atoms with Gasteiger partial charge in [0.05, 0.1) is 0 Å². The van der Waals surface area contributed by atoms with Crippen molar-refractivity contribution in [3.05, 3.63) is 71.1 Å². The average molecular weight is 403 g/mol. The fourth-order valence-electron chi connectivity index (χ4n) is 4.17. The molecule has 0 aromatic heterocycles. The van der Waals surface area contributed by atoms with E-state index in [-0.39, 0.29) is 5.82 Å². The first kappa shape index (κ1) is 22.4. The van der Waals surface area contributed by atoms with Crippen LogP contribution in [0.5, 0.6) is 0 Å². The predicted octanol–water partition coefficient (Wildman–Crippen LogP) is 8.49. The zero-order valence-electron chi connectivity index (χ0n) is 18.6. The smallest absolute Gasteiger partial charge is 0.131 e. The van der Waals surface area contributed by atoms with Gasteiger partial charge in [-0.3, -0.25) is 0 Å². The molecule has 1 aliphatic carbocycles. The molecular formula is C29H35F. The van der Waals surface area contributed by atoms with Crippen LogP contribution in [0, 0.1) is 23.6 Å². The van der Waals surface area contributed by atoms with E-state index in [0.29, 0.717) is 5.56 Å². The minimum atomic E-state index is -0.132. The van der Waals surface area contributed by atoms with E-state index in [0.717, 1.165) is 41.9 Å². The van der Waals surface area contributed by atoms with Crippen molar-refractivity contribution in [3.63, 3.8) is 0 Å². The summed E-state index contributed by atoms with van der Waals surface area (Å²) in [5.41, 5.74) is 4.93. The molecule has 30 heavy (non-hydrogen) atoms. The molecule has 0 saturated heterocycles. The van der Waals surface area contributed by atoms with Crippen LogP contribution >= 0.6 is 0 Å². The molecule has 3 rings (SSSR count). The van der Waals surface area contributed by atoms with Gasteiger partial charge in [-0.15, -0.1) is 0 Å². The first-order valence-electron chi connectivity index (χ1n) is 11.8. The molecule has 0 amide bonds. The SMILES string of the molecule is CCCCCc1ccc(-c2ccc(C#CC3=CCC(CCCC)CC3)cc2)c(F)c1. The van der Waals surface area contributed by atoms with E-state index in [2.05, 4.69) is 37.8 Å². The van der Waals surface area contributed by atoms with Crippen molar-refractivity contribution in [1.29, 1.82) is 0 Å². The lowest BCUT2D eigenvalue weighted by Gasteiger charge is -2.19. The highest BCUT2D eigenvalue weighted by atomic mass is 19.1. The van der Waals surface area contributed by atoms with Crippen LogP contribution in [0.1, 0.15) is 82.8 Å². The van der Waals surface area contributed by atoms with Crippen molar-refractivity contribution < 1.29 is 4.39 Å². The van der Waals surface area contributed by atoms with Gasteiger partial charge < -0.3 is 0 Å². The van der Waals surface area contributed by atoms with Gasteiger partial charge in [0.25, 0.3) is 0 Å². The maximum Gasteiger partial charge on any atom is 0.131 e. The van der Waals surface area contributed by atoms with Crippen LogP contribution < -0.4 is 0 Å². The van der Waals surface area contributed by atoms with Crippen LogP contribution in [0.25, 0.3) is 11.1 Å². The summed E-state index contributed by atoms with van der Waals surface area (Å²) >= 11 is 0. The summed E-state index contributed by atoms with van der Waals surface area (Å²) in [6.45, 7) is 4.45. The number of halogens is 1. The Bertz CT molecular complexity index is 892. The molecule has 0 bridgehead atoms. The van der Waals surface area contributed by atoms with Crippen LogP contribution in [0.2, 0.25) is 0 Å². The normalized spacial score (nSPS) is 16.0. The zero-order chi connectivity index (χ0) is 21.2. The lowest BCUT2D eigenvalue weighted by Crippen LogP contribution is -2.05. The number of hydrogen-bond donors (Lipinski definition) is 0. The number of unbranched alkanes of at least 4 members (excludes halogenated alkanes) is 3. The molecule has 1 atom stereocenters. The van der Waals surface area contributed by atoms with Gasteiger partial charge in [0.2, 0.25) is 0 Å². The Balaban J connectivity index is 1.61. The van der Waals surface area contributed by atoms with E-state index >= 15 is 0 Å². The maximum atomic E-state index is 14.6. The van der Waals surface area contributed by atoms with Gasteiger partial charge in [-0.05, 0) is 72.9 Å². The molecule has 1 heteroatoms. The molecule has 0 N–H and O–H groups in total. The second kappa shape index (κ2) is 11.8. The number of aryl methyl sites for hydroxylation is 1. The second-order valence-electron chi connectivity index (χ2n) is 8.61. The van der Waals surface area contributed by atoms with Gasteiger partial charge in [-0.25, -0.2) is 4.39 Å². The molecule has 0 saturated carbocycles. The molecule has 1 aliphatic rings. The van der Waals surface area contributed by atoms with Crippen molar-refractivity contribution in [2.45, 2.75) is 78.1 Å². The first-order valence-corrected chi connectivity index (χ1v) is 11.8. The van der Waals surface area contributed by atoms with Crippen molar-refractivity contribution in [2.24, 2.45) is 5.92 Å². The van der Waals surface area contributed by atoms with Crippen LogP contribution in [-0.4, -0.2) is 0 Å². The molecule has 0 radical (unpaired) electrons. The van der Waals surface area contributed by atoms with Gasteiger partial charge in [0.15, 0.2) is 0 Å². The summed E-state index contributed by atoms with van der Waals surface area (Å²) < 4.78 is 14.6. The standard InChI is InChI=1S/C29H35F/c1-3-5-7-9-26-18-21-28(29(30)22-26)27-19-16-25(17-20-27)15-14-24-12-10-23(11-13-24)8-6-4-2/h12,16-23H,3-11,13H2,1-2H3. The van der Waals surface area contributed by atoms with Crippen LogP contribution in [0.4, 0.5) is 4.39 Å². The van der Waals surface area contributed by atoms with E-state index in [4.69, 9.17) is 0 Å². The fourth-order valence-corrected chi connectivity index (χ4v) is 4.17. The summed E-state index contributed by atoms with van der Waals surface area (Å²) in [6.07, 6.45) is 14.3. The first-order chi connectivity index (χ1) is 14.7. The molecule has 2 aromatic carbocycles. The number of benzene rings is 2. The Kier molecular flexibility index (Phi) is 8.76. The minimum Gasteiger partial charge on any atom is -0.206 e. The van der Waals surface area contributed by atoms with Gasteiger partial charge in [0.1, 0.15) is 5.82 Å². The van der Waals surface area contributed by atoms with Gasteiger partial charge in [-0.2, -0.15) is 0 Å². The molecule has 2 aromatic rings. The van der Waals surface area contributed by atoms with Gasteiger partial charge >= 0.3 is 0 Å². The fraction of sp³-hybridized carbons (Fsp3) is 0.448. The highest BCUT2D eigenvalue weighted by Gasteiger charge is 2.12. The topological polar surface area (TPSA) is 0 Å². The van der Waals surface area contributed by atoms with Crippen LogP contribution in [-0.2, 0) is 6.42 Å². The van der Waals surface area contributed by atoms with Gasteiger partial charge in [-0.1, -0.05) is 88.1 Å². The van der Waals surface area contributed by atoms with E-state index in [1.54, 1.807) is 6.07 Å². The van der Waals surface area contributed by atoms with E-state index in [1.165, 1.54) is 50.5 Å². The van der Waals surface area contributed by atoms with Crippen LogP contribution in [0.15, 0.2) is 54.1 Å². The van der Waals surface area contributed by atoms with Crippen molar-refractivity contribution in [2.75, 3.05) is 0 Å². The lowest BCUT2D eigenvalue weighted by atomic mass is 9.86. The molecule has 0 spiro atoms. The van der Waals surface area contributed by atoms with E-state index in [1.807, 2.05) is 30.3 Å². The predicted molar refractivity (Wildman–Crippen MR) is 127 cm³/mol. The Hall–Kier alpha value is -2.33. The molecule has 158 valence electrons. The third kappa shape index (κ3) is 6.60. The zero-order valence-corrected chi connectivity index (χ0v) is 18.6. The Morgan fingerprint density at radius 3 is 2.40 bits per heavy atom. The number of hydrogen-bond acceptors (Lipinski definition) is 0. The van der Waals surface area contributed by atoms with E-state index in [9.17, 15) is 4.39 Å². The highest BCUT2D eigenvalue weighted by Crippen LogP contribution is 2.27. The third-order valence-corrected chi connectivity index (χ3v) is 6.15. The largest absolute Gasteiger partial charge is 0.206 e. The Labute approximate surface area is 182 Å². The summed E-state index contributed by atoms with van der Waals surface area (Å²) in [6, 6.07) is 13.6. The summed E-state index contributed by atoms with van der Waals surface area (Å²) in [4.78, 5) is 0. The molecule has 0 aliphatic heterocycles. The molecule has 0 heterocycles. The molecular weight excluding hydrogens is 367 g/mol. The van der Waals surface area contributed by atoms with Crippen molar-refractivity contribution in [3.8, 4) is 23.0 Å². The van der Waals surface area contributed by atoms with Crippen molar-refractivity contribution >= 4 is 0 Å². The van der Waals surface area contributed by atoms with Crippen molar-refractivity contribution in [1.82, 2.24) is 0 Å². The average Bonchev–Trinajstić information content (AvgIpc) is 2.78. The Morgan fingerprint density at radius 1 is 0.933 bits per heavy atom. The Morgan fingerprint density at radius 2 is 1.73 bits per heavy atom. The van der Waals surface area contributed by atoms with E-state index < -0.39 is 0 Å². The monoisotopic (exact) mass is 402 g/mol.